The van der Waals surface area contributed by atoms with Gasteiger partial charge in [-0.15, -0.1) is 0 Å². The van der Waals surface area contributed by atoms with E-state index in [1.807, 2.05) is 6.92 Å². The summed E-state index contributed by atoms with van der Waals surface area (Å²) < 4.78 is 63.7. The minimum Gasteiger partial charge on any atom is -0.316 e. The van der Waals surface area contributed by atoms with Gasteiger partial charge < -0.3 is 5.32 Å². The number of sulfonamides is 1. The molecule has 2 N–H and O–H groups in total. The van der Waals surface area contributed by atoms with E-state index >= 15 is 0 Å². The molecule has 20 heavy (non-hydrogen) atoms. The minimum atomic E-state index is -4.63. The lowest BCUT2D eigenvalue weighted by atomic mass is 10.2. The predicted molar refractivity (Wildman–Crippen MR) is 70.2 cm³/mol. The van der Waals surface area contributed by atoms with Crippen molar-refractivity contribution in [2.24, 2.45) is 0 Å². The maximum Gasteiger partial charge on any atom is 0.416 e. The second kappa shape index (κ2) is 6.75. The molecular weight excluding hydrogens is 317 g/mol. The minimum absolute atomic E-state index is 0.0583. The third-order valence-electron chi connectivity index (χ3n) is 2.39. The van der Waals surface area contributed by atoms with Crippen molar-refractivity contribution in [2.75, 3.05) is 19.6 Å². The van der Waals surface area contributed by atoms with E-state index < -0.39 is 26.7 Å². The maximum absolute atomic E-state index is 12.6. The zero-order valence-corrected chi connectivity index (χ0v) is 12.2. The number of hydrogen-bond donors (Lipinski definition) is 2. The predicted octanol–water partition coefficient (Wildman–Crippen LogP) is 2.25. The van der Waals surface area contributed by atoms with Gasteiger partial charge in [0.05, 0.1) is 10.6 Å². The van der Waals surface area contributed by atoms with Crippen LogP contribution in [0, 0.1) is 0 Å². The number of likely N-dealkylation sites (N-methyl/N-ethyl adjacent to an activating group) is 1. The van der Waals surface area contributed by atoms with Crippen molar-refractivity contribution in [3.63, 3.8) is 0 Å². The number of nitrogens with one attached hydrogen (secondary N) is 2. The molecule has 0 aliphatic carbocycles. The molecule has 0 radical (unpaired) electrons. The second-order valence-corrected chi connectivity index (χ2v) is 6.04. The third kappa shape index (κ3) is 4.62. The topological polar surface area (TPSA) is 58.2 Å². The van der Waals surface area contributed by atoms with Crippen LogP contribution in [0.3, 0.4) is 0 Å². The average Bonchev–Trinajstić information content (AvgIpc) is 2.33. The van der Waals surface area contributed by atoms with Gasteiger partial charge in [0.25, 0.3) is 0 Å². The first-order valence-corrected chi connectivity index (χ1v) is 7.61. The molecule has 0 amide bonds. The van der Waals surface area contributed by atoms with Crippen molar-refractivity contribution in [2.45, 2.75) is 18.0 Å². The summed E-state index contributed by atoms with van der Waals surface area (Å²) >= 11 is 5.67. The molecule has 0 saturated heterocycles. The van der Waals surface area contributed by atoms with E-state index in [4.69, 9.17) is 11.6 Å². The van der Waals surface area contributed by atoms with E-state index in [-0.39, 0.29) is 11.6 Å². The summed E-state index contributed by atoms with van der Waals surface area (Å²) in [4.78, 5) is -0.578. The maximum atomic E-state index is 12.6. The van der Waals surface area contributed by atoms with Crippen LogP contribution < -0.4 is 10.0 Å². The molecule has 0 atom stereocenters. The summed E-state index contributed by atoms with van der Waals surface area (Å²) in [5, 5.41) is 2.63. The Hall–Kier alpha value is -0.830. The number of halogens is 4. The first kappa shape index (κ1) is 17.2. The number of alkyl halides is 3. The van der Waals surface area contributed by atoms with Gasteiger partial charge in [-0.2, -0.15) is 13.2 Å². The lowest BCUT2D eigenvalue weighted by Crippen LogP contribution is -2.32. The molecule has 9 heteroatoms. The highest BCUT2D eigenvalue weighted by Crippen LogP contribution is 2.33. The van der Waals surface area contributed by atoms with E-state index in [1.165, 1.54) is 0 Å². The molecule has 0 aliphatic rings. The van der Waals surface area contributed by atoms with Crippen LogP contribution >= 0.6 is 11.6 Å². The molecule has 1 aromatic carbocycles. The summed E-state index contributed by atoms with van der Waals surface area (Å²) in [5.41, 5.74) is -1.06. The molecule has 0 aromatic heterocycles. The summed E-state index contributed by atoms with van der Waals surface area (Å²) in [6.07, 6.45) is -4.63. The third-order valence-corrected chi connectivity index (χ3v) is 4.33. The van der Waals surface area contributed by atoms with Gasteiger partial charge in [-0.1, -0.05) is 18.5 Å². The number of rotatable bonds is 6. The molecule has 0 aliphatic heterocycles. The molecule has 1 aromatic rings. The SMILES string of the molecule is CCNCCNS(=O)(=O)c1cc(C(F)(F)F)ccc1Cl. The standard InChI is InChI=1S/C11H14ClF3N2O2S/c1-2-16-5-6-17-20(18,19)10-7-8(11(13,14)15)3-4-9(10)12/h3-4,7,16-17H,2,5-6H2,1H3. The highest BCUT2D eigenvalue weighted by Gasteiger charge is 2.32. The van der Waals surface area contributed by atoms with Crippen LogP contribution in [0.4, 0.5) is 13.2 Å². The zero-order valence-electron chi connectivity index (χ0n) is 10.6. The van der Waals surface area contributed by atoms with Gasteiger partial charge in [0.1, 0.15) is 4.90 Å². The Morgan fingerprint density at radius 2 is 1.90 bits per heavy atom. The van der Waals surface area contributed by atoms with Crippen LogP contribution in [0.5, 0.6) is 0 Å². The fourth-order valence-electron chi connectivity index (χ4n) is 1.41. The normalized spacial score (nSPS) is 12.7. The van der Waals surface area contributed by atoms with Crippen molar-refractivity contribution in [3.8, 4) is 0 Å². The monoisotopic (exact) mass is 330 g/mol. The highest BCUT2D eigenvalue weighted by molar-refractivity contribution is 7.89. The molecule has 0 unspecified atom stereocenters. The fourth-order valence-corrected chi connectivity index (χ4v) is 2.97. The van der Waals surface area contributed by atoms with Crippen LogP contribution in [0.15, 0.2) is 23.1 Å². The molecule has 0 heterocycles. The lowest BCUT2D eigenvalue weighted by Gasteiger charge is -2.12. The highest BCUT2D eigenvalue weighted by atomic mass is 35.5. The van der Waals surface area contributed by atoms with E-state index in [0.29, 0.717) is 19.2 Å². The van der Waals surface area contributed by atoms with E-state index in [2.05, 4.69) is 10.0 Å². The Morgan fingerprint density at radius 1 is 1.25 bits per heavy atom. The van der Waals surface area contributed by atoms with Gasteiger partial charge in [0, 0.05) is 13.1 Å². The number of benzene rings is 1. The van der Waals surface area contributed by atoms with Crippen molar-refractivity contribution >= 4 is 21.6 Å². The Morgan fingerprint density at radius 3 is 2.45 bits per heavy atom. The largest absolute Gasteiger partial charge is 0.416 e. The summed E-state index contributed by atoms with van der Waals surface area (Å²) in [6.45, 7) is 2.93. The van der Waals surface area contributed by atoms with Crippen LogP contribution in [0.1, 0.15) is 12.5 Å². The average molecular weight is 331 g/mol. The Labute approximate surface area is 120 Å². The van der Waals surface area contributed by atoms with Gasteiger partial charge in [0.2, 0.25) is 10.0 Å². The Balaban J connectivity index is 2.99. The zero-order chi connectivity index (χ0) is 15.4. The van der Waals surface area contributed by atoms with E-state index in [0.717, 1.165) is 12.1 Å². The van der Waals surface area contributed by atoms with Crippen molar-refractivity contribution < 1.29 is 21.6 Å². The van der Waals surface area contributed by atoms with E-state index in [1.54, 1.807) is 0 Å². The molecule has 0 fully saturated rings. The van der Waals surface area contributed by atoms with Crippen molar-refractivity contribution in [3.05, 3.63) is 28.8 Å². The Bertz CT molecular complexity index is 561. The quantitative estimate of drug-likeness (QED) is 0.787. The summed E-state index contributed by atoms with van der Waals surface area (Å²) in [7, 11) is -4.08. The molecule has 0 spiro atoms. The Kier molecular flexibility index (Phi) is 5.81. The van der Waals surface area contributed by atoms with Gasteiger partial charge in [0.15, 0.2) is 0 Å². The molecule has 114 valence electrons. The molecule has 1 rings (SSSR count). The molecule has 0 bridgehead atoms. The van der Waals surface area contributed by atoms with E-state index in [9.17, 15) is 21.6 Å². The summed E-state index contributed by atoms with van der Waals surface area (Å²) in [6, 6.07) is 2.18. The summed E-state index contributed by atoms with van der Waals surface area (Å²) in [5.74, 6) is 0. The second-order valence-electron chi connectivity index (χ2n) is 3.89. The fraction of sp³-hybridized carbons (Fsp3) is 0.455. The van der Waals surface area contributed by atoms with Crippen molar-refractivity contribution in [1.29, 1.82) is 0 Å². The van der Waals surface area contributed by atoms with Gasteiger partial charge in [-0.25, -0.2) is 13.1 Å². The molecule has 0 saturated carbocycles. The van der Waals surface area contributed by atoms with Gasteiger partial charge >= 0.3 is 6.18 Å². The van der Waals surface area contributed by atoms with Gasteiger partial charge in [-0.3, -0.25) is 0 Å². The van der Waals surface area contributed by atoms with Crippen LogP contribution in [0.2, 0.25) is 5.02 Å². The van der Waals surface area contributed by atoms with Crippen LogP contribution in [-0.2, 0) is 16.2 Å². The smallest absolute Gasteiger partial charge is 0.316 e. The molecular formula is C11H14ClF3N2O2S. The van der Waals surface area contributed by atoms with Crippen molar-refractivity contribution in [1.82, 2.24) is 10.0 Å². The number of hydrogen-bond acceptors (Lipinski definition) is 3. The van der Waals surface area contributed by atoms with Crippen LogP contribution in [-0.4, -0.2) is 28.1 Å². The van der Waals surface area contributed by atoms with Gasteiger partial charge in [-0.05, 0) is 24.7 Å². The first-order valence-electron chi connectivity index (χ1n) is 5.75. The first-order chi connectivity index (χ1) is 9.18. The molecule has 4 nitrogen and oxygen atoms in total. The lowest BCUT2D eigenvalue weighted by molar-refractivity contribution is -0.137. The van der Waals surface area contributed by atoms with Crippen LogP contribution in [0.25, 0.3) is 0 Å².